The summed E-state index contributed by atoms with van der Waals surface area (Å²) in [5.74, 6) is 1.47. The average Bonchev–Trinajstić information content (AvgIpc) is 3.75. The van der Waals surface area contributed by atoms with Crippen molar-refractivity contribution in [2.24, 2.45) is 7.05 Å². The lowest BCUT2D eigenvalue weighted by molar-refractivity contribution is 0.317. The van der Waals surface area contributed by atoms with Crippen LogP contribution in [0.2, 0.25) is 0 Å². The standard InChI is InChI=1S/C27H21FN10O/c1-14-31-26(37-39-14)27(17-12-30-38(2)13-17)23-19(22-16(11-29)4-3-5-20(22)32-23)10-21(34-27)25-33-24(35-36-25)15-6-8-18(28)9-7-15/h3-9,12-13,21,32,34H,10H2,1-2H3,(H,33,35,36)/t21-,27?/m1/s1. The molecule has 0 bridgehead atoms. The van der Waals surface area contributed by atoms with E-state index in [-0.39, 0.29) is 5.82 Å². The highest BCUT2D eigenvalue weighted by Gasteiger charge is 2.50. The minimum absolute atomic E-state index is 0.333. The molecule has 39 heavy (non-hydrogen) atoms. The fourth-order valence-corrected chi connectivity index (χ4v) is 5.45. The fourth-order valence-electron chi connectivity index (χ4n) is 5.45. The van der Waals surface area contributed by atoms with Gasteiger partial charge < -0.3 is 9.51 Å². The molecule has 2 atom stereocenters. The lowest BCUT2D eigenvalue weighted by Crippen LogP contribution is -2.51. The van der Waals surface area contributed by atoms with Crippen molar-refractivity contribution in [2.45, 2.75) is 24.9 Å². The van der Waals surface area contributed by atoms with Crippen LogP contribution in [0, 0.1) is 24.1 Å². The Hall–Kier alpha value is -5.15. The highest BCUT2D eigenvalue weighted by molar-refractivity contribution is 5.91. The van der Waals surface area contributed by atoms with Crippen molar-refractivity contribution in [1.82, 2.24) is 45.4 Å². The van der Waals surface area contributed by atoms with Crippen LogP contribution in [0.4, 0.5) is 4.39 Å². The van der Waals surface area contributed by atoms with E-state index in [1.807, 2.05) is 25.4 Å². The Morgan fingerprint density at radius 2 is 2.03 bits per heavy atom. The normalized spacial score (nSPS) is 18.8. The molecule has 0 spiro atoms. The molecular formula is C27H21FN10O. The number of nitrogens with zero attached hydrogens (tertiary/aromatic N) is 7. The Morgan fingerprint density at radius 1 is 1.18 bits per heavy atom. The summed E-state index contributed by atoms with van der Waals surface area (Å²) in [7, 11) is 1.84. The van der Waals surface area contributed by atoms with Crippen LogP contribution < -0.4 is 5.32 Å². The van der Waals surface area contributed by atoms with Gasteiger partial charge in [-0.15, -0.1) is 0 Å². The van der Waals surface area contributed by atoms with Crippen LogP contribution in [0.25, 0.3) is 22.3 Å². The van der Waals surface area contributed by atoms with Crippen LogP contribution in [-0.4, -0.2) is 40.1 Å². The molecule has 192 valence electrons. The summed E-state index contributed by atoms with van der Waals surface area (Å²) in [5, 5.41) is 30.8. The van der Waals surface area contributed by atoms with E-state index in [0.717, 1.165) is 27.7 Å². The van der Waals surface area contributed by atoms with Gasteiger partial charge in [-0.2, -0.15) is 20.4 Å². The summed E-state index contributed by atoms with van der Waals surface area (Å²) in [4.78, 5) is 13.0. The van der Waals surface area contributed by atoms with Gasteiger partial charge in [-0.05, 0) is 48.4 Å². The zero-order chi connectivity index (χ0) is 26.7. The molecule has 3 N–H and O–H groups in total. The van der Waals surface area contributed by atoms with E-state index < -0.39 is 11.6 Å². The number of fused-ring (bicyclic) bond motifs is 3. The van der Waals surface area contributed by atoms with Gasteiger partial charge in [0.05, 0.1) is 29.6 Å². The summed E-state index contributed by atoms with van der Waals surface area (Å²) >= 11 is 0. The topological polar surface area (TPSA) is 150 Å². The molecule has 1 unspecified atom stereocenters. The summed E-state index contributed by atoms with van der Waals surface area (Å²) in [6.07, 6.45) is 4.14. The van der Waals surface area contributed by atoms with Crippen molar-refractivity contribution in [3.05, 3.63) is 101 Å². The minimum atomic E-state index is -1.11. The molecule has 4 aromatic heterocycles. The van der Waals surface area contributed by atoms with Crippen molar-refractivity contribution in [2.75, 3.05) is 0 Å². The molecule has 5 heterocycles. The van der Waals surface area contributed by atoms with Gasteiger partial charge in [-0.3, -0.25) is 15.1 Å². The lowest BCUT2D eigenvalue weighted by atomic mass is 9.79. The number of hydrogen-bond acceptors (Lipinski definition) is 8. The number of nitriles is 1. The molecule has 0 saturated heterocycles. The van der Waals surface area contributed by atoms with E-state index in [0.29, 0.717) is 40.9 Å². The summed E-state index contributed by atoms with van der Waals surface area (Å²) in [6.45, 7) is 1.74. The van der Waals surface area contributed by atoms with Crippen LogP contribution in [0.3, 0.4) is 0 Å². The number of nitrogens with one attached hydrogen (secondary N) is 3. The second kappa shape index (κ2) is 8.44. The highest BCUT2D eigenvalue weighted by Crippen LogP contribution is 2.46. The number of aromatic nitrogens is 8. The summed E-state index contributed by atoms with van der Waals surface area (Å²) < 4.78 is 20.7. The average molecular weight is 521 g/mol. The molecule has 1 aliphatic heterocycles. The quantitative estimate of drug-likeness (QED) is 0.319. The van der Waals surface area contributed by atoms with Crippen molar-refractivity contribution < 1.29 is 8.91 Å². The lowest BCUT2D eigenvalue weighted by Gasteiger charge is -2.39. The molecule has 0 amide bonds. The van der Waals surface area contributed by atoms with Gasteiger partial charge in [-0.25, -0.2) is 9.37 Å². The zero-order valence-corrected chi connectivity index (χ0v) is 20.9. The van der Waals surface area contributed by atoms with Gasteiger partial charge >= 0.3 is 0 Å². The Kier molecular flexibility index (Phi) is 4.98. The second-order valence-corrected chi connectivity index (χ2v) is 9.56. The Bertz CT molecular complexity index is 1850. The first-order chi connectivity index (χ1) is 19.0. The van der Waals surface area contributed by atoms with Gasteiger partial charge in [0.1, 0.15) is 11.6 Å². The van der Waals surface area contributed by atoms with Crippen LogP contribution in [0.1, 0.15) is 46.0 Å². The summed E-state index contributed by atoms with van der Waals surface area (Å²) in [6, 6.07) is 13.5. The molecule has 0 aliphatic carbocycles. The minimum Gasteiger partial charge on any atom is -0.356 e. The second-order valence-electron chi connectivity index (χ2n) is 9.56. The fraction of sp³-hybridized carbons (Fsp3) is 0.185. The Labute approximate surface area is 220 Å². The van der Waals surface area contributed by atoms with Crippen LogP contribution in [0.15, 0.2) is 59.4 Å². The molecule has 12 heteroatoms. The molecule has 2 aromatic carbocycles. The van der Waals surface area contributed by atoms with Gasteiger partial charge in [0, 0.05) is 42.2 Å². The molecule has 0 radical (unpaired) electrons. The zero-order valence-electron chi connectivity index (χ0n) is 20.9. The van der Waals surface area contributed by atoms with Crippen molar-refractivity contribution in [3.63, 3.8) is 0 Å². The molecule has 0 fully saturated rings. The van der Waals surface area contributed by atoms with Gasteiger partial charge in [-0.1, -0.05) is 11.2 Å². The van der Waals surface area contributed by atoms with Crippen molar-refractivity contribution in [3.8, 4) is 17.5 Å². The van der Waals surface area contributed by atoms with Gasteiger partial charge in [0.2, 0.25) is 11.7 Å². The Balaban J connectivity index is 1.47. The first-order valence-electron chi connectivity index (χ1n) is 12.3. The number of rotatable bonds is 4. The van der Waals surface area contributed by atoms with E-state index in [4.69, 9.17) is 9.51 Å². The number of aryl methyl sites for hydroxylation is 2. The maximum atomic E-state index is 13.5. The third kappa shape index (κ3) is 3.48. The monoisotopic (exact) mass is 520 g/mol. The SMILES string of the molecule is Cc1nc(C2(c3cnn(C)c3)N[C@@H](c3nc(-c4ccc(F)cc4)n[nH]3)Cc3c2[nH]c2cccc(C#N)c32)no1. The first-order valence-corrected chi connectivity index (χ1v) is 12.3. The summed E-state index contributed by atoms with van der Waals surface area (Å²) in [5.41, 5.74) is 3.44. The molecular weight excluding hydrogens is 499 g/mol. The molecule has 1 aliphatic rings. The van der Waals surface area contributed by atoms with Crippen molar-refractivity contribution >= 4 is 10.9 Å². The van der Waals surface area contributed by atoms with Crippen LogP contribution >= 0.6 is 0 Å². The smallest absolute Gasteiger partial charge is 0.223 e. The molecule has 0 saturated carbocycles. The van der Waals surface area contributed by atoms with Gasteiger partial charge in [0.25, 0.3) is 0 Å². The number of benzene rings is 2. The van der Waals surface area contributed by atoms with E-state index in [9.17, 15) is 9.65 Å². The number of H-pyrrole nitrogens is 2. The van der Waals surface area contributed by atoms with Crippen LogP contribution in [-0.2, 0) is 19.0 Å². The van der Waals surface area contributed by atoms with Gasteiger partial charge in [0.15, 0.2) is 11.4 Å². The Morgan fingerprint density at radius 3 is 2.74 bits per heavy atom. The third-order valence-corrected chi connectivity index (χ3v) is 7.16. The number of hydrogen-bond donors (Lipinski definition) is 3. The first kappa shape index (κ1) is 23.0. The van der Waals surface area contributed by atoms with Crippen LogP contribution in [0.5, 0.6) is 0 Å². The van der Waals surface area contributed by atoms with E-state index in [1.54, 1.807) is 36.0 Å². The van der Waals surface area contributed by atoms with E-state index in [1.165, 1.54) is 12.1 Å². The van der Waals surface area contributed by atoms with Crippen molar-refractivity contribution in [1.29, 1.82) is 5.26 Å². The highest BCUT2D eigenvalue weighted by atomic mass is 19.1. The van der Waals surface area contributed by atoms with E-state index >= 15 is 0 Å². The molecule has 6 aromatic rings. The number of halogens is 1. The predicted octanol–water partition coefficient (Wildman–Crippen LogP) is 3.57. The maximum absolute atomic E-state index is 13.5. The number of aromatic amines is 2. The molecule has 11 nitrogen and oxygen atoms in total. The van der Waals surface area contributed by atoms with E-state index in [2.05, 4.69) is 41.8 Å². The maximum Gasteiger partial charge on any atom is 0.223 e. The predicted molar refractivity (Wildman–Crippen MR) is 136 cm³/mol. The third-order valence-electron chi connectivity index (χ3n) is 7.16. The largest absolute Gasteiger partial charge is 0.356 e. The molecule has 7 rings (SSSR count).